The van der Waals surface area contributed by atoms with Crippen molar-refractivity contribution < 1.29 is 4.57 Å². The molecule has 0 N–H and O–H groups in total. The lowest BCUT2D eigenvalue weighted by molar-refractivity contribution is -0.672. The van der Waals surface area contributed by atoms with Gasteiger partial charge in [-0.15, -0.1) is 11.3 Å². The smallest absolute Gasteiger partial charge is 0.233 e. The van der Waals surface area contributed by atoms with Gasteiger partial charge in [-0.3, -0.25) is 0 Å². The summed E-state index contributed by atoms with van der Waals surface area (Å²) in [5.41, 5.74) is 0. The molecule has 0 saturated heterocycles. The van der Waals surface area contributed by atoms with E-state index >= 15 is 0 Å². The van der Waals surface area contributed by atoms with Crippen molar-refractivity contribution in [3.63, 3.8) is 0 Å². The van der Waals surface area contributed by atoms with E-state index in [2.05, 4.69) is 38.8 Å². The van der Waals surface area contributed by atoms with Crippen LogP contribution in [-0.2, 0) is 14.1 Å². The van der Waals surface area contributed by atoms with Gasteiger partial charge in [-0.2, -0.15) is 0 Å². The molecule has 2 heterocycles. The predicted octanol–water partition coefficient (Wildman–Crippen LogP) is 2.08. The molecule has 2 aromatic heterocycles. The van der Waals surface area contributed by atoms with Gasteiger partial charge in [0.2, 0.25) is 0 Å². The molecule has 14 heavy (non-hydrogen) atoms. The van der Waals surface area contributed by atoms with E-state index in [0.717, 1.165) is 0 Å². The van der Waals surface area contributed by atoms with Gasteiger partial charge in [-0.25, -0.2) is 9.13 Å². The first-order valence-corrected chi connectivity index (χ1v) is 5.38. The summed E-state index contributed by atoms with van der Waals surface area (Å²) in [4.78, 5) is 1.28. The van der Waals surface area contributed by atoms with Crippen LogP contribution >= 0.6 is 11.3 Å². The third-order valence-corrected chi connectivity index (χ3v) is 3.01. The molecule has 0 aromatic carbocycles. The second-order valence-electron chi connectivity index (χ2n) is 3.23. The topological polar surface area (TPSA) is 8.81 Å². The number of imidazole rings is 1. The Kier molecular flexibility index (Phi) is 2.50. The number of aryl methyl sites for hydroxylation is 2. The highest BCUT2D eigenvalue weighted by molar-refractivity contribution is 7.10. The fraction of sp³-hybridized carbons (Fsp3) is 0.182. The Balaban J connectivity index is 2.26. The Morgan fingerprint density at radius 1 is 1.43 bits per heavy atom. The first kappa shape index (κ1) is 9.21. The second kappa shape index (κ2) is 3.80. The summed E-state index contributed by atoms with van der Waals surface area (Å²) >= 11 is 1.75. The number of rotatable bonds is 2. The van der Waals surface area contributed by atoms with Crippen LogP contribution in [0.4, 0.5) is 0 Å². The Hall–Kier alpha value is -1.35. The number of thiophene rings is 1. The summed E-state index contributed by atoms with van der Waals surface area (Å²) < 4.78 is 4.20. The van der Waals surface area contributed by atoms with Gasteiger partial charge in [0.25, 0.3) is 5.82 Å². The molecule has 2 rings (SSSR count). The molecule has 0 spiro atoms. The summed E-state index contributed by atoms with van der Waals surface area (Å²) in [5, 5.41) is 2.09. The lowest BCUT2D eigenvalue weighted by Gasteiger charge is -1.89. The maximum atomic E-state index is 2.14. The normalized spacial score (nSPS) is 11.3. The molecule has 0 unspecified atom stereocenters. The van der Waals surface area contributed by atoms with Gasteiger partial charge >= 0.3 is 0 Å². The van der Waals surface area contributed by atoms with Crippen molar-refractivity contribution in [2.45, 2.75) is 0 Å². The van der Waals surface area contributed by atoms with Crippen LogP contribution in [0.15, 0.2) is 29.9 Å². The SMILES string of the molecule is Cn1cc[n+](C)c1C=Cc1cccs1. The fourth-order valence-corrected chi connectivity index (χ4v) is 2.00. The Bertz CT molecular complexity index is 418. The van der Waals surface area contributed by atoms with Crippen molar-refractivity contribution in [1.82, 2.24) is 4.57 Å². The van der Waals surface area contributed by atoms with Crippen LogP contribution in [-0.4, -0.2) is 4.57 Å². The molecular weight excluding hydrogens is 192 g/mol. The van der Waals surface area contributed by atoms with Crippen LogP contribution < -0.4 is 4.57 Å². The molecule has 0 fully saturated rings. The molecule has 0 bridgehead atoms. The monoisotopic (exact) mass is 205 g/mol. The highest BCUT2D eigenvalue weighted by Crippen LogP contribution is 2.11. The van der Waals surface area contributed by atoms with Crippen LogP contribution in [0.1, 0.15) is 10.7 Å². The lowest BCUT2D eigenvalue weighted by atomic mass is 10.4. The van der Waals surface area contributed by atoms with Gasteiger partial charge in [-0.05, 0) is 17.5 Å². The van der Waals surface area contributed by atoms with E-state index in [-0.39, 0.29) is 0 Å². The van der Waals surface area contributed by atoms with Crippen LogP contribution in [0.2, 0.25) is 0 Å². The van der Waals surface area contributed by atoms with Gasteiger partial charge in [0, 0.05) is 11.0 Å². The first-order valence-electron chi connectivity index (χ1n) is 4.50. The maximum absolute atomic E-state index is 2.14. The molecule has 0 aliphatic rings. The summed E-state index contributed by atoms with van der Waals surface area (Å²) in [6.07, 6.45) is 8.37. The molecule has 3 heteroatoms. The zero-order chi connectivity index (χ0) is 9.97. The van der Waals surface area contributed by atoms with Crippen molar-refractivity contribution in [3.05, 3.63) is 40.6 Å². The minimum atomic E-state index is 1.19. The third-order valence-electron chi connectivity index (χ3n) is 2.18. The Morgan fingerprint density at radius 3 is 2.86 bits per heavy atom. The van der Waals surface area contributed by atoms with Crippen molar-refractivity contribution in [3.8, 4) is 0 Å². The molecule has 0 aliphatic carbocycles. The standard InChI is InChI=1S/C11H13N2S/c1-12-7-8-13(2)11(12)6-5-10-4-3-9-14-10/h3-9H,1-2H3/q+1. The molecule has 0 saturated carbocycles. The van der Waals surface area contributed by atoms with Gasteiger partial charge < -0.3 is 0 Å². The van der Waals surface area contributed by atoms with Crippen LogP contribution in [0.25, 0.3) is 12.2 Å². The molecule has 72 valence electrons. The van der Waals surface area contributed by atoms with Gasteiger partial charge in [0.05, 0.1) is 14.1 Å². The third kappa shape index (κ3) is 1.77. The zero-order valence-electron chi connectivity index (χ0n) is 8.34. The molecule has 0 radical (unpaired) electrons. The highest BCUT2D eigenvalue weighted by Gasteiger charge is 2.05. The van der Waals surface area contributed by atoms with Crippen molar-refractivity contribution in [2.24, 2.45) is 14.1 Å². The van der Waals surface area contributed by atoms with Gasteiger partial charge in [0.1, 0.15) is 12.4 Å². The quantitative estimate of drug-likeness (QED) is 0.664. The minimum absolute atomic E-state index is 1.19. The summed E-state index contributed by atoms with van der Waals surface area (Å²) in [6, 6.07) is 4.18. The Morgan fingerprint density at radius 2 is 2.29 bits per heavy atom. The van der Waals surface area contributed by atoms with E-state index in [1.165, 1.54) is 10.7 Å². The minimum Gasteiger partial charge on any atom is -0.233 e. The van der Waals surface area contributed by atoms with Crippen LogP contribution in [0.3, 0.4) is 0 Å². The van der Waals surface area contributed by atoms with E-state index in [9.17, 15) is 0 Å². The van der Waals surface area contributed by atoms with E-state index in [4.69, 9.17) is 0 Å². The largest absolute Gasteiger partial charge is 0.281 e. The number of hydrogen-bond donors (Lipinski definition) is 0. The number of nitrogens with zero attached hydrogens (tertiary/aromatic N) is 2. The summed E-state index contributed by atoms with van der Waals surface area (Å²) in [5.74, 6) is 1.19. The average molecular weight is 205 g/mol. The van der Waals surface area contributed by atoms with E-state index in [1.54, 1.807) is 11.3 Å². The predicted molar refractivity (Wildman–Crippen MR) is 59.8 cm³/mol. The van der Waals surface area contributed by atoms with Crippen LogP contribution in [0.5, 0.6) is 0 Å². The van der Waals surface area contributed by atoms with Crippen molar-refractivity contribution >= 4 is 23.5 Å². The van der Waals surface area contributed by atoms with E-state index in [1.807, 2.05) is 26.5 Å². The van der Waals surface area contributed by atoms with Crippen molar-refractivity contribution in [1.29, 1.82) is 0 Å². The molecule has 0 aliphatic heterocycles. The van der Waals surface area contributed by atoms with E-state index in [0.29, 0.717) is 0 Å². The highest BCUT2D eigenvalue weighted by atomic mass is 32.1. The first-order chi connectivity index (χ1) is 6.77. The number of aromatic nitrogens is 2. The van der Waals surface area contributed by atoms with Gasteiger partial charge in [0.15, 0.2) is 0 Å². The molecular formula is C11H13N2S+. The van der Waals surface area contributed by atoms with Crippen LogP contribution in [0, 0.1) is 0 Å². The molecule has 2 aromatic rings. The fourth-order valence-electron chi connectivity index (χ4n) is 1.38. The van der Waals surface area contributed by atoms with Crippen molar-refractivity contribution in [2.75, 3.05) is 0 Å². The average Bonchev–Trinajstić information content (AvgIpc) is 2.76. The molecule has 0 atom stereocenters. The van der Waals surface area contributed by atoms with Gasteiger partial charge in [-0.1, -0.05) is 6.07 Å². The molecule has 2 nitrogen and oxygen atoms in total. The lowest BCUT2D eigenvalue weighted by Crippen LogP contribution is -2.29. The second-order valence-corrected chi connectivity index (χ2v) is 4.21. The zero-order valence-corrected chi connectivity index (χ0v) is 9.16. The summed E-state index contributed by atoms with van der Waals surface area (Å²) in [7, 11) is 4.10. The summed E-state index contributed by atoms with van der Waals surface area (Å²) in [6.45, 7) is 0. The Labute approximate surface area is 87.7 Å². The molecule has 0 amide bonds. The van der Waals surface area contributed by atoms with E-state index < -0.39 is 0 Å². The number of hydrogen-bond acceptors (Lipinski definition) is 1. The maximum Gasteiger partial charge on any atom is 0.281 e.